The molecule has 22 heavy (non-hydrogen) atoms. The van der Waals surface area contributed by atoms with Gasteiger partial charge in [-0.2, -0.15) is 0 Å². The van der Waals surface area contributed by atoms with Gasteiger partial charge in [0.15, 0.2) is 0 Å². The molecule has 1 aromatic rings. The first kappa shape index (κ1) is 16.2. The second kappa shape index (κ2) is 6.31. The monoisotopic (exact) mass is 308 g/mol. The van der Waals surface area contributed by atoms with Gasteiger partial charge in [-0.3, -0.25) is 10.1 Å². The Morgan fingerprint density at radius 1 is 1.41 bits per heavy atom. The second-order valence-corrected chi connectivity index (χ2v) is 5.98. The van der Waals surface area contributed by atoms with Gasteiger partial charge in [0.25, 0.3) is 5.69 Å². The summed E-state index contributed by atoms with van der Waals surface area (Å²) in [7, 11) is 0. The molecule has 0 spiro atoms. The Bertz CT molecular complexity index is 579. The molecule has 1 aromatic carbocycles. The average Bonchev–Trinajstić information content (AvgIpc) is 2.47. The molecule has 2 rings (SSSR count). The Morgan fingerprint density at radius 2 is 2.05 bits per heavy atom. The molecular formula is C15H20N2O5. The lowest BCUT2D eigenvalue weighted by molar-refractivity contribution is -0.385. The first-order chi connectivity index (χ1) is 10.3. The summed E-state index contributed by atoms with van der Waals surface area (Å²) >= 11 is 0. The van der Waals surface area contributed by atoms with E-state index in [0.717, 1.165) is 38.1 Å². The van der Waals surface area contributed by atoms with Crippen molar-refractivity contribution in [3.05, 3.63) is 33.9 Å². The van der Waals surface area contributed by atoms with Gasteiger partial charge >= 0.3 is 5.97 Å². The van der Waals surface area contributed by atoms with Gasteiger partial charge in [0.05, 0.1) is 4.92 Å². The number of aromatic hydroxyl groups is 1. The van der Waals surface area contributed by atoms with E-state index in [4.69, 9.17) is 4.74 Å². The molecule has 0 aliphatic carbocycles. The van der Waals surface area contributed by atoms with Gasteiger partial charge in [0, 0.05) is 18.1 Å². The maximum absolute atomic E-state index is 12.3. The fourth-order valence-electron chi connectivity index (χ4n) is 2.74. The van der Waals surface area contributed by atoms with E-state index < -0.39 is 16.5 Å². The third-order valence-corrected chi connectivity index (χ3v) is 4.07. The highest BCUT2D eigenvalue weighted by atomic mass is 16.6. The Balaban J connectivity index is 2.21. The van der Waals surface area contributed by atoms with Crippen LogP contribution in [-0.4, -0.2) is 34.7 Å². The Morgan fingerprint density at radius 3 is 2.64 bits per heavy atom. The number of phenols is 1. The molecule has 7 nitrogen and oxygen atoms in total. The first-order valence-corrected chi connectivity index (χ1v) is 7.23. The topological polar surface area (TPSA) is 102 Å². The van der Waals surface area contributed by atoms with Gasteiger partial charge in [0.1, 0.15) is 16.9 Å². The molecule has 1 fully saturated rings. The van der Waals surface area contributed by atoms with Crippen molar-refractivity contribution in [2.75, 3.05) is 13.1 Å². The maximum Gasteiger partial charge on any atom is 0.345 e. The molecule has 0 unspecified atom stereocenters. The summed E-state index contributed by atoms with van der Waals surface area (Å²) < 4.78 is 5.53. The fraction of sp³-hybridized carbons (Fsp3) is 0.533. The number of esters is 1. The van der Waals surface area contributed by atoms with Crippen molar-refractivity contribution in [2.24, 2.45) is 5.92 Å². The van der Waals surface area contributed by atoms with E-state index in [1.807, 2.05) is 13.8 Å². The smallest absolute Gasteiger partial charge is 0.345 e. The minimum absolute atomic E-state index is 0.189. The minimum atomic E-state index is -0.786. The second-order valence-electron chi connectivity index (χ2n) is 5.98. The van der Waals surface area contributed by atoms with Crippen LogP contribution in [-0.2, 0) is 4.74 Å². The van der Waals surface area contributed by atoms with Crippen molar-refractivity contribution < 1.29 is 19.6 Å². The lowest BCUT2D eigenvalue weighted by atomic mass is 9.83. The van der Waals surface area contributed by atoms with Crippen molar-refractivity contribution in [3.8, 4) is 5.75 Å². The summed E-state index contributed by atoms with van der Waals surface area (Å²) in [6.45, 7) is 5.35. The number of ether oxygens (including phenoxy) is 1. The largest absolute Gasteiger partial charge is 0.508 e. The molecule has 1 saturated heterocycles. The molecule has 0 bridgehead atoms. The number of carbonyl (C=O) groups is 1. The normalized spacial score (nSPS) is 16.3. The number of benzene rings is 1. The van der Waals surface area contributed by atoms with Crippen LogP contribution in [0.25, 0.3) is 0 Å². The van der Waals surface area contributed by atoms with E-state index >= 15 is 0 Å². The standard InChI is InChI=1S/C15H20N2O5/c1-15(2,10-5-7-16-8-6-10)22-14(19)12-9-11(18)3-4-13(12)17(20)21/h3-4,9-10,16,18H,5-8H2,1-2H3. The van der Waals surface area contributed by atoms with Crippen LogP contribution in [0, 0.1) is 16.0 Å². The van der Waals surface area contributed by atoms with Gasteiger partial charge in [-0.15, -0.1) is 0 Å². The minimum Gasteiger partial charge on any atom is -0.508 e. The molecule has 0 atom stereocenters. The number of nitro groups is 1. The van der Waals surface area contributed by atoms with Crippen LogP contribution in [0.4, 0.5) is 5.69 Å². The number of rotatable bonds is 4. The number of phenolic OH excluding ortho intramolecular Hbond substituents is 1. The number of nitrogens with zero attached hydrogens (tertiary/aromatic N) is 1. The van der Waals surface area contributed by atoms with Crippen molar-refractivity contribution in [3.63, 3.8) is 0 Å². The quantitative estimate of drug-likeness (QED) is 0.502. The Hall–Kier alpha value is -2.15. The van der Waals surface area contributed by atoms with E-state index in [0.29, 0.717) is 0 Å². The highest BCUT2D eigenvalue weighted by Gasteiger charge is 2.36. The number of hydrogen-bond donors (Lipinski definition) is 2. The van der Waals surface area contributed by atoms with Gasteiger partial charge in [-0.1, -0.05) is 0 Å². The molecule has 0 saturated carbocycles. The molecule has 1 aliphatic rings. The van der Waals surface area contributed by atoms with Crippen molar-refractivity contribution in [2.45, 2.75) is 32.3 Å². The first-order valence-electron chi connectivity index (χ1n) is 7.23. The van der Waals surface area contributed by atoms with Crippen molar-refractivity contribution >= 4 is 11.7 Å². The summed E-state index contributed by atoms with van der Waals surface area (Å²) in [6, 6.07) is 3.34. The number of nitrogens with one attached hydrogen (secondary N) is 1. The zero-order valence-corrected chi connectivity index (χ0v) is 12.7. The third kappa shape index (κ3) is 3.54. The number of nitro benzene ring substituents is 1. The number of hydrogen-bond acceptors (Lipinski definition) is 6. The SMILES string of the molecule is CC(C)(OC(=O)c1cc(O)ccc1[N+](=O)[O-])C1CCNCC1. The van der Waals surface area contributed by atoms with Crippen LogP contribution < -0.4 is 5.32 Å². The molecular weight excluding hydrogens is 288 g/mol. The van der Waals surface area contributed by atoms with E-state index in [2.05, 4.69) is 5.32 Å². The van der Waals surface area contributed by atoms with E-state index in [1.165, 1.54) is 6.07 Å². The van der Waals surface area contributed by atoms with Gasteiger partial charge in [0.2, 0.25) is 0 Å². The molecule has 0 radical (unpaired) electrons. The van der Waals surface area contributed by atoms with Gasteiger partial charge < -0.3 is 15.2 Å². The van der Waals surface area contributed by atoms with Crippen molar-refractivity contribution in [1.82, 2.24) is 5.32 Å². The Labute approximate surface area is 128 Å². The van der Waals surface area contributed by atoms with E-state index in [1.54, 1.807) is 0 Å². The van der Waals surface area contributed by atoms with Crippen LogP contribution >= 0.6 is 0 Å². The van der Waals surface area contributed by atoms with Gasteiger partial charge in [-0.05, 0) is 45.8 Å². The molecule has 0 aromatic heterocycles. The highest BCUT2D eigenvalue weighted by Crippen LogP contribution is 2.32. The Kier molecular flexibility index (Phi) is 4.65. The van der Waals surface area contributed by atoms with E-state index in [9.17, 15) is 20.0 Å². The van der Waals surface area contributed by atoms with E-state index in [-0.39, 0.29) is 22.9 Å². The summed E-state index contributed by atoms with van der Waals surface area (Å²) in [5.41, 5.74) is -1.32. The molecule has 7 heteroatoms. The predicted molar refractivity (Wildman–Crippen MR) is 79.8 cm³/mol. The van der Waals surface area contributed by atoms with Gasteiger partial charge in [-0.25, -0.2) is 4.79 Å². The maximum atomic E-state index is 12.3. The average molecular weight is 308 g/mol. The van der Waals surface area contributed by atoms with Crippen molar-refractivity contribution in [1.29, 1.82) is 0 Å². The fourth-order valence-corrected chi connectivity index (χ4v) is 2.74. The molecule has 1 aliphatic heterocycles. The highest BCUT2D eigenvalue weighted by molar-refractivity contribution is 5.94. The number of piperidine rings is 1. The summed E-state index contributed by atoms with van der Waals surface area (Å²) in [4.78, 5) is 22.7. The summed E-state index contributed by atoms with van der Waals surface area (Å²) in [6.07, 6.45) is 1.75. The molecule has 2 N–H and O–H groups in total. The van der Waals surface area contributed by atoms with Crippen LogP contribution in [0.15, 0.2) is 18.2 Å². The van der Waals surface area contributed by atoms with Crippen LogP contribution in [0.2, 0.25) is 0 Å². The molecule has 1 heterocycles. The molecule has 120 valence electrons. The predicted octanol–water partition coefficient (Wildman–Crippen LogP) is 2.24. The summed E-state index contributed by atoms with van der Waals surface area (Å²) in [5, 5.41) is 23.7. The third-order valence-electron chi connectivity index (χ3n) is 4.07. The molecule has 0 amide bonds. The lowest BCUT2D eigenvalue weighted by Crippen LogP contribution is -2.42. The zero-order valence-electron chi connectivity index (χ0n) is 12.7. The summed E-state index contributed by atoms with van der Waals surface area (Å²) in [5.74, 6) is -0.808. The zero-order chi connectivity index (χ0) is 16.3. The lowest BCUT2D eigenvalue weighted by Gasteiger charge is -2.36. The van der Waals surface area contributed by atoms with Crippen LogP contribution in [0.1, 0.15) is 37.0 Å². The van der Waals surface area contributed by atoms with Crippen LogP contribution in [0.5, 0.6) is 5.75 Å². The number of carbonyl (C=O) groups excluding carboxylic acids is 1. The van der Waals surface area contributed by atoms with Crippen LogP contribution in [0.3, 0.4) is 0 Å².